The number of halogens is 1. The van der Waals surface area contributed by atoms with Gasteiger partial charge in [0.2, 0.25) is 16.8 Å². The minimum atomic E-state index is -3.46. The van der Waals surface area contributed by atoms with Gasteiger partial charge in [-0.25, -0.2) is 8.42 Å². The minimum Gasteiger partial charge on any atom is -0.454 e. The van der Waals surface area contributed by atoms with E-state index in [4.69, 9.17) is 21.1 Å². The van der Waals surface area contributed by atoms with Gasteiger partial charge in [0.15, 0.2) is 11.5 Å². The molecule has 0 N–H and O–H groups in total. The smallest absolute Gasteiger partial charge is 0.243 e. The zero-order valence-corrected chi connectivity index (χ0v) is 12.5. The maximum absolute atomic E-state index is 12.6. The van der Waals surface area contributed by atoms with Crippen LogP contribution in [0.3, 0.4) is 0 Å². The van der Waals surface area contributed by atoms with E-state index in [0.717, 1.165) is 12.8 Å². The standard InChI is InChI=1S/C13H16ClNO4S/c14-8-10-3-5-15(6-4-10)20(16,17)11-1-2-12-13(7-11)19-9-18-12/h1-2,7,10H,3-6,8-9H2. The number of nitrogens with zero attached hydrogens (tertiary/aromatic N) is 1. The first-order valence-corrected chi connectivity index (χ1v) is 8.54. The monoisotopic (exact) mass is 317 g/mol. The summed E-state index contributed by atoms with van der Waals surface area (Å²) in [5.41, 5.74) is 0. The van der Waals surface area contributed by atoms with Gasteiger partial charge in [0.1, 0.15) is 0 Å². The van der Waals surface area contributed by atoms with Gasteiger partial charge >= 0.3 is 0 Å². The van der Waals surface area contributed by atoms with Crippen molar-refractivity contribution in [3.63, 3.8) is 0 Å². The van der Waals surface area contributed by atoms with E-state index in [0.29, 0.717) is 36.4 Å². The van der Waals surface area contributed by atoms with Crippen LogP contribution in [-0.2, 0) is 10.0 Å². The largest absolute Gasteiger partial charge is 0.454 e. The van der Waals surface area contributed by atoms with Crippen LogP contribution >= 0.6 is 11.6 Å². The van der Waals surface area contributed by atoms with Crippen molar-refractivity contribution in [3.8, 4) is 11.5 Å². The molecule has 1 fully saturated rings. The molecule has 2 aliphatic rings. The quantitative estimate of drug-likeness (QED) is 0.801. The molecule has 1 saturated heterocycles. The summed E-state index contributed by atoms with van der Waals surface area (Å²) in [6.45, 7) is 1.18. The van der Waals surface area contributed by atoms with E-state index in [1.807, 2.05) is 0 Å². The van der Waals surface area contributed by atoms with E-state index in [1.165, 1.54) is 10.4 Å². The van der Waals surface area contributed by atoms with Crippen LogP contribution in [0.5, 0.6) is 11.5 Å². The predicted molar refractivity (Wildman–Crippen MR) is 74.8 cm³/mol. The fourth-order valence-corrected chi connectivity index (χ4v) is 4.28. The maximum atomic E-state index is 12.6. The highest BCUT2D eigenvalue weighted by molar-refractivity contribution is 7.89. The molecule has 1 aromatic rings. The molecule has 2 heterocycles. The zero-order chi connectivity index (χ0) is 14.2. The molecule has 2 aliphatic heterocycles. The van der Waals surface area contributed by atoms with E-state index in [1.54, 1.807) is 12.1 Å². The Balaban J connectivity index is 1.82. The van der Waals surface area contributed by atoms with E-state index in [2.05, 4.69) is 0 Å². The molecule has 1 aromatic carbocycles. The van der Waals surface area contributed by atoms with Crippen molar-refractivity contribution in [2.75, 3.05) is 25.8 Å². The number of sulfonamides is 1. The normalized spacial score (nSPS) is 20.2. The molecule has 20 heavy (non-hydrogen) atoms. The summed E-state index contributed by atoms with van der Waals surface area (Å²) in [5.74, 6) is 2.09. The highest BCUT2D eigenvalue weighted by Gasteiger charge is 2.30. The van der Waals surface area contributed by atoms with Gasteiger partial charge in [0.05, 0.1) is 4.90 Å². The summed E-state index contributed by atoms with van der Waals surface area (Å²) in [4.78, 5) is 0.256. The Bertz CT molecular complexity index is 596. The topological polar surface area (TPSA) is 55.8 Å². The third-order valence-corrected chi connectivity index (χ3v) is 6.10. The van der Waals surface area contributed by atoms with Crippen LogP contribution in [-0.4, -0.2) is 38.5 Å². The lowest BCUT2D eigenvalue weighted by atomic mass is 10.0. The summed E-state index contributed by atoms with van der Waals surface area (Å²) < 4.78 is 37.1. The molecule has 0 aliphatic carbocycles. The molecule has 0 atom stereocenters. The Labute approximate surface area is 123 Å². The lowest BCUT2D eigenvalue weighted by molar-refractivity contribution is 0.174. The number of fused-ring (bicyclic) bond motifs is 1. The summed E-state index contributed by atoms with van der Waals surface area (Å²) >= 11 is 5.82. The lowest BCUT2D eigenvalue weighted by Crippen LogP contribution is -2.38. The Hall–Kier alpha value is -0.980. The number of piperidine rings is 1. The van der Waals surface area contributed by atoms with Crippen LogP contribution in [0.1, 0.15) is 12.8 Å². The number of hydrogen-bond acceptors (Lipinski definition) is 4. The lowest BCUT2D eigenvalue weighted by Gasteiger charge is -2.30. The Morgan fingerprint density at radius 3 is 2.60 bits per heavy atom. The third-order valence-electron chi connectivity index (χ3n) is 3.77. The van der Waals surface area contributed by atoms with Gasteiger partial charge < -0.3 is 9.47 Å². The van der Waals surface area contributed by atoms with Crippen molar-refractivity contribution in [2.24, 2.45) is 5.92 Å². The SMILES string of the molecule is O=S(=O)(c1ccc2c(c1)OCO2)N1CCC(CCl)CC1. The van der Waals surface area contributed by atoms with Crippen molar-refractivity contribution < 1.29 is 17.9 Å². The molecule has 5 nitrogen and oxygen atoms in total. The fraction of sp³-hybridized carbons (Fsp3) is 0.538. The second kappa shape index (κ2) is 5.42. The molecule has 3 rings (SSSR count). The van der Waals surface area contributed by atoms with Crippen LogP contribution in [0.2, 0.25) is 0 Å². The molecule has 0 radical (unpaired) electrons. The highest BCUT2D eigenvalue weighted by Crippen LogP contribution is 2.35. The van der Waals surface area contributed by atoms with Gasteiger partial charge in [-0.1, -0.05) is 0 Å². The van der Waals surface area contributed by atoms with Crippen molar-refractivity contribution in [3.05, 3.63) is 18.2 Å². The number of ether oxygens (including phenoxy) is 2. The van der Waals surface area contributed by atoms with Crippen molar-refractivity contribution in [1.82, 2.24) is 4.31 Å². The summed E-state index contributed by atoms with van der Waals surface area (Å²) in [6, 6.07) is 4.74. The molecule has 0 bridgehead atoms. The van der Waals surface area contributed by atoms with Gasteiger partial charge in [0.25, 0.3) is 0 Å². The van der Waals surface area contributed by atoms with Crippen molar-refractivity contribution in [1.29, 1.82) is 0 Å². The van der Waals surface area contributed by atoms with Crippen LogP contribution in [0.25, 0.3) is 0 Å². The number of rotatable bonds is 3. The zero-order valence-electron chi connectivity index (χ0n) is 10.9. The molecule has 0 spiro atoms. The van der Waals surface area contributed by atoms with E-state index >= 15 is 0 Å². The average molecular weight is 318 g/mol. The summed E-state index contributed by atoms with van der Waals surface area (Å²) in [7, 11) is -3.46. The molecule has 0 amide bonds. The average Bonchev–Trinajstić information content (AvgIpc) is 2.94. The van der Waals surface area contributed by atoms with Gasteiger partial charge in [-0.05, 0) is 30.9 Å². The highest BCUT2D eigenvalue weighted by atomic mass is 35.5. The number of alkyl halides is 1. The molecular weight excluding hydrogens is 302 g/mol. The molecule has 110 valence electrons. The fourth-order valence-electron chi connectivity index (χ4n) is 2.49. The van der Waals surface area contributed by atoms with Crippen LogP contribution in [0.4, 0.5) is 0 Å². The van der Waals surface area contributed by atoms with Gasteiger partial charge in [0, 0.05) is 25.0 Å². The van der Waals surface area contributed by atoms with Crippen LogP contribution in [0.15, 0.2) is 23.1 Å². The second-order valence-corrected chi connectivity index (χ2v) is 7.26. The maximum Gasteiger partial charge on any atom is 0.243 e. The van der Waals surface area contributed by atoms with Crippen LogP contribution < -0.4 is 9.47 Å². The van der Waals surface area contributed by atoms with Gasteiger partial charge in [-0.3, -0.25) is 0 Å². The molecule has 0 saturated carbocycles. The van der Waals surface area contributed by atoms with Gasteiger partial charge in [-0.15, -0.1) is 11.6 Å². The minimum absolute atomic E-state index is 0.139. The first-order valence-electron chi connectivity index (χ1n) is 6.57. The molecular formula is C13H16ClNO4S. The number of benzene rings is 1. The second-order valence-electron chi connectivity index (χ2n) is 5.02. The summed E-state index contributed by atoms with van der Waals surface area (Å²) in [5, 5.41) is 0. The molecule has 0 aromatic heterocycles. The Kier molecular flexibility index (Phi) is 3.79. The van der Waals surface area contributed by atoms with Crippen molar-refractivity contribution in [2.45, 2.75) is 17.7 Å². The van der Waals surface area contributed by atoms with Crippen LogP contribution in [0, 0.1) is 5.92 Å². The first-order chi connectivity index (χ1) is 9.61. The molecule has 7 heteroatoms. The Morgan fingerprint density at radius 1 is 1.20 bits per heavy atom. The van der Waals surface area contributed by atoms with E-state index in [9.17, 15) is 8.42 Å². The third kappa shape index (κ3) is 2.47. The van der Waals surface area contributed by atoms with Crippen molar-refractivity contribution >= 4 is 21.6 Å². The predicted octanol–water partition coefficient (Wildman–Crippen LogP) is 2.05. The van der Waals surface area contributed by atoms with E-state index < -0.39 is 10.0 Å². The Morgan fingerprint density at radius 2 is 1.90 bits per heavy atom. The first kappa shape index (κ1) is 14.0. The van der Waals surface area contributed by atoms with E-state index in [-0.39, 0.29) is 11.7 Å². The van der Waals surface area contributed by atoms with Gasteiger partial charge in [-0.2, -0.15) is 4.31 Å². The summed E-state index contributed by atoms with van der Waals surface area (Å²) in [6.07, 6.45) is 1.63. The molecule has 0 unspecified atom stereocenters. The number of hydrogen-bond donors (Lipinski definition) is 0.